The molecular formula is C16H13FN2O6. The number of hydrogen-bond donors (Lipinski definition) is 1. The van der Waals surface area contributed by atoms with Crippen LogP contribution in [0.2, 0.25) is 0 Å². The Morgan fingerprint density at radius 3 is 2.48 bits per heavy atom. The first kappa shape index (κ1) is 17.9. The van der Waals surface area contributed by atoms with Crippen LogP contribution in [0.25, 0.3) is 0 Å². The number of nitro benzene ring substituents is 1. The average Bonchev–Trinajstić information content (AvgIpc) is 2.58. The van der Waals surface area contributed by atoms with Gasteiger partial charge >= 0.3 is 5.97 Å². The molecule has 0 unspecified atom stereocenters. The smallest absolute Gasteiger partial charge is 0.344 e. The normalized spacial score (nSPS) is 9.96. The van der Waals surface area contributed by atoms with E-state index in [1.165, 1.54) is 42.5 Å². The first-order valence-corrected chi connectivity index (χ1v) is 7.02. The second-order valence-corrected chi connectivity index (χ2v) is 4.76. The second kappa shape index (κ2) is 8.39. The third-order valence-electron chi connectivity index (χ3n) is 2.88. The number of esters is 1. The van der Waals surface area contributed by atoms with Crippen LogP contribution in [-0.4, -0.2) is 30.0 Å². The fourth-order valence-corrected chi connectivity index (χ4v) is 1.75. The molecule has 0 aliphatic carbocycles. The monoisotopic (exact) mass is 348 g/mol. The van der Waals surface area contributed by atoms with Crippen molar-refractivity contribution in [3.63, 3.8) is 0 Å². The highest BCUT2D eigenvalue weighted by Gasteiger charge is 2.10. The largest absolute Gasteiger partial charge is 0.482 e. The van der Waals surface area contributed by atoms with Crippen molar-refractivity contribution >= 4 is 23.3 Å². The van der Waals surface area contributed by atoms with Gasteiger partial charge in [0.1, 0.15) is 11.6 Å². The Morgan fingerprint density at radius 2 is 1.84 bits per heavy atom. The minimum atomic E-state index is -0.803. The van der Waals surface area contributed by atoms with Gasteiger partial charge in [-0.15, -0.1) is 0 Å². The topological polar surface area (TPSA) is 108 Å². The summed E-state index contributed by atoms with van der Waals surface area (Å²) in [7, 11) is 0. The van der Waals surface area contributed by atoms with Gasteiger partial charge in [0, 0.05) is 23.9 Å². The van der Waals surface area contributed by atoms with E-state index in [-0.39, 0.29) is 11.4 Å². The predicted octanol–water partition coefficient (Wildman–Crippen LogP) is 2.29. The molecule has 0 heterocycles. The minimum Gasteiger partial charge on any atom is -0.482 e. The van der Waals surface area contributed by atoms with E-state index >= 15 is 0 Å². The van der Waals surface area contributed by atoms with Crippen LogP contribution in [0.5, 0.6) is 5.75 Å². The standard InChI is InChI=1S/C16H13FN2O6/c17-11-2-1-3-14(8-11)24-10-16(21)25-9-15(20)18-12-4-6-13(7-5-12)19(22)23/h1-8H,9-10H2,(H,18,20). The van der Waals surface area contributed by atoms with E-state index in [0.29, 0.717) is 5.69 Å². The van der Waals surface area contributed by atoms with Gasteiger partial charge in [-0.1, -0.05) is 6.07 Å². The van der Waals surface area contributed by atoms with Crippen LogP contribution >= 0.6 is 0 Å². The summed E-state index contributed by atoms with van der Waals surface area (Å²) in [6.07, 6.45) is 0. The molecule has 0 aliphatic heterocycles. The number of anilines is 1. The zero-order valence-electron chi connectivity index (χ0n) is 12.8. The number of rotatable bonds is 7. The Morgan fingerprint density at radius 1 is 1.12 bits per heavy atom. The predicted molar refractivity (Wildman–Crippen MR) is 84.6 cm³/mol. The van der Waals surface area contributed by atoms with Gasteiger partial charge in [0.15, 0.2) is 13.2 Å². The van der Waals surface area contributed by atoms with Crippen molar-refractivity contribution in [2.45, 2.75) is 0 Å². The molecule has 0 spiro atoms. The molecule has 1 amide bonds. The summed E-state index contributed by atoms with van der Waals surface area (Å²) in [6.45, 7) is -1.03. The molecule has 25 heavy (non-hydrogen) atoms. The highest BCUT2D eigenvalue weighted by molar-refractivity contribution is 5.92. The minimum absolute atomic E-state index is 0.112. The summed E-state index contributed by atoms with van der Waals surface area (Å²) >= 11 is 0. The third-order valence-corrected chi connectivity index (χ3v) is 2.88. The lowest BCUT2D eigenvalue weighted by molar-refractivity contribution is -0.384. The summed E-state index contributed by atoms with van der Waals surface area (Å²) in [5.41, 5.74) is 0.210. The summed E-state index contributed by atoms with van der Waals surface area (Å²) in [6, 6.07) is 10.4. The number of ether oxygens (including phenoxy) is 2. The number of nitro groups is 1. The molecule has 0 atom stereocenters. The number of nitrogens with zero attached hydrogens (tertiary/aromatic N) is 1. The average molecular weight is 348 g/mol. The van der Waals surface area contributed by atoms with Crippen LogP contribution in [0, 0.1) is 15.9 Å². The van der Waals surface area contributed by atoms with Gasteiger partial charge in [-0.2, -0.15) is 0 Å². The van der Waals surface area contributed by atoms with Crippen molar-refractivity contribution in [1.29, 1.82) is 0 Å². The molecule has 0 saturated carbocycles. The molecule has 0 saturated heterocycles. The molecule has 0 aliphatic rings. The molecule has 2 aromatic rings. The summed E-state index contributed by atoms with van der Waals surface area (Å²) in [4.78, 5) is 33.1. The Kier molecular flexibility index (Phi) is 5.99. The SMILES string of the molecule is O=C(COC(=O)COc1cccc(F)c1)Nc1ccc([N+](=O)[O-])cc1. The maximum Gasteiger partial charge on any atom is 0.344 e. The number of amides is 1. The molecule has 9 heteroatoms. The highest BCUT2D eigenvalue weighted by atomic mass is 19.1. The zero-order chi connectivity index (χ0) is 18.2. The first-order valence-electron chi connectivity index (χ1n) is 7.02. The molecule has 8 nitrogen and oxygen atoms in total. The number of benzene rings is 2. The molecule has 1 N–H and O–H groups in total. The van der Waals surface area contributed by atoms with Crippen LogP contribution in [0.15, 0.2) is 48.5 Å². The molecule has 2 aromatic carbocycles. The summed E-state index contributed by atoms with van der Waals surface area (Å²) in [5, 5.41) is 12.9. The number of nitrogens with one attached hydrogen (secondary N) is 1. The Balaban J connectivity index is 1.73. The van der Waals surface area contributed by atoms with E-state index in [2.05, 4.69) is 5.32 Å². The van der Waals surface area contributed by atoms with E-state index in [1.54, 1.807) is 0 Å². The quantitative estimate of drug-likeness (QED) is 0.467. The van der Waals surface area contributed by atoms with Gasteiger partial charge in [0.05, 0.1) is 4.92 Å². The maximum absolute atomic E-state index is 12.9. The number of hydrogen-bond acceptors (Lipinski definition) is 6. The van der Waals surface area contributed by atoms with Crippen LogP contribution in [0.1, 0.15) is 0 Å². The van der Waals surface area contributed by atoms with Crippen LogP contribution < -0.4 is 10.1 Å². The Hall–Kier alpha value is -3.49. The number of carbonyl (C=O) groups is 2. The van der Waals surface area contributed by atoms with E-state index in [9.17, 15) is 24.1 Å². The van der Waals surface area contributed by atoms with Gasteiger partial charge < -0.3 is 14.8 Å². The van der Waals surface area contributed by atoms with E-state index in [0.717, 1.165) is 6.07 Å². The molecule has 2 rings (SSSR count). The Bertz CT molecular complexity index is 778. The number of non-ortho nitro benzene ring substituents is 1. The Labute approximate surface area is 141 Å². The van der Waals surface area contributed by atoms with Gasteiger partial charge in [0.2, 0.25) is 0 Å². The molecule has 0 fully saturated rings. The lowest BCUT2D eigenvalue weighted by Crippen LogP contribution is -2.23. The van der Waals surface area contributed by atoms with Gasteiger partial charge in [-0.05, 0) is 24.3 Å². The van der Waals surface area contributed by atoms with Gasteiger partial charge in [-0.25, -0.2) is 9.18 Å². The zero-order valence-corrected chi connectivity index (χ0v) is 12.8. The van der Waals surface area contributed by atoms with E-state index in [1.807, 2.05) is 0 Å². The maximum atomic E-state index is 12.9. The molecule has 130 valence electrons. The van der Waals surface area contributed by atoms with Crippen molar-refractivity contribution in [2.24, 2.45) is 0 Å². The van der Waals surface area contributed by atoms with Crippen LogP contribution in [0.4, 0.5) is 15.8 Å². The highest BCUT2D eigenvalue weighted by Crippen LogP contribution is 2.15. The molecule has 0 radical (unpaired) electrons. The van der Waals surface area contributed by atoms with Crippen molar-refractivity contribution in [2.75, 3.05) is 18.5 Å². The molecular weight excluding hydrogens is 335 g/mol. The van der Waals surface area contributed by atoms with Crippen molar-refractivity contribution in [1.82, 2.24) is 0 Å². The fourth-order valence-electron chi connectivity index (χ4n) is 1.75. The van der Waals surface area contributed by atoms with Crippen LogP contribution in [-0.2, 0) is 14.3 Å². The third kappa shape index (κ3) is 5.90. The van der Waals surface area contributed by atoms with Crippen molar-refractivity contribution in [3.05, 3.63) is 64.5 Å². The van der Waals surface area contributed by atoms with Crippen molar-refractivity contribution in [3.8, 4) is 5.75 Å². The van der Waals surface area contributed by atoms with Gasteiger partial charge in [-0.3, -0.25) is 14.9 Å². The fraction of sp³-hybridized carbons (Fsp3) is 0.125. The lowest BCUT2D eigenvalue weighted by Gasteiger charge is -2.08. The van der Waals surface area contributed by atoms with E-state index < -0.39 is 35.8 Å². The number of halogens is 1. The summed E-state index contributed by atoms with van der Waals surface area (Å²) < 4.78 is 22.7. The summed E-state index contributed by atoms with van der Waals surface area (Å²) in [5.74, 6) is -1.77. The van der Waals surface area contributed by atoms with Crippen molar-refractivity contribution < 1.29 is 28.4 Å². The molecule has 0 aromatic heterocycles. The lowest BCUT2D eigenvalue weighted by atomic mass is 10.3. The second-order valence-electron chi connectivity index (χ2n) is 4.76. The van der Waals surface area contributed by atoms with E-state index in [4.69, 9.17) is 9.47 Å². The van der Waals surface area contributed by atoms with Crippen LogP contribution in [0.3, 0.4) is 0 Å². The number of carbonyl (C=O) groups excluding carboxylic acids is 2. The van der Waals surface area contributed by atoms with Gasteiger partial charge in [0.25, 0.3) is 11.6 Å². The molecule has 0 bridgehead atoms. The first-order chi connectivity index (χ1) is 11.9.